The first-order chi connectivity index (χ1) is 7.63. The zero-order valence-corrected chi connectivity index (χ0v) is 9.18. The first-order valence-electron chi connectivity index (χ1n) is 4.91. The van der Waals surface area contributed by atoms with Crippen molar-refractivity contribution in [1.82, 2.24) is 9.88 Å². The molecule has 84 valence electrons. The molecule has 0 aliphatic rings. The van der Waals surface area contributed by atoms with Crippen LogP contribution >= 0.6 is 0 Å². The summed E-state index contributed by atoms with van der Waals surface area (Å²) in [5.41, 5.74) is 1.90. The van der Waals surface area contributed by atoms with Crippen LogP contribution in [0.5, 0.6) is 0 Å². The minimum atomic E-state index is -0.885. The number of carboxylic acids is 1. The van der Waals surface area contributed by atoms with Gasteiger partial charge in [-0.1, -0.05) is 12.0 Å². The molecule has 0 aliphatic carbocycles. The van der Waals surface area contributed by atoms with Crippen molar-refractivity contribution in [1.29, 1.82) is 0 Å². The summed E-state index contributed by atoms with van der Waals surface area (Å²) in [7, 11) is 0. The van der Waals surface area contributed by atoms with Crippen LogP contribution in [0.3, 0.4) is 0 Å². The molecule has 0 aromatic carbocycles. The van der Waals surface area contributed by atoms with Crippen molar-refractivity contribution in [3.05, 3.63) is 29.6 Å². The highest BCUT2D eigenvalue weighted by atomic mass is 16.4. The Balaban J connectivity index is 2.72. The van der Waals surface area contributed by atoms with Crippen LogP contribution < -0.4 is 0 Å². The van der Waals surface area contributed by atoms with Crippen molar-refractivity contribution in [2.24, 2.45) is 0 Å². The number of pyridine rings is 1. The van der Waals surface area contributed by atoms with Crippen molar-refractivity contribution in [2.75, 3.05) is 13.1 Å². The molecule has 0 saturated carbocycles. The van der Waals surface area contributed by atoms with Gasteiger partial charge in [0.15, 0.2) is 0 Å². The fourth-order valence-corrected chi connectivity index (χ4v) is 1.38. The second kappa shape index (κ2) is 5.89. The smallest absolute Gasteiger partial charge is 0.317 e. The molecule has 0 unspecified atom stereocenters. The molecule has 1 heterocycles. The van der Waals surface area contributed by atoms with Crippen LogP contribution in [0.15, 0.2) is 18.3 Å². The van der Waals surface area contributed by atoms with Crippen molar-refractivity contribution in [2.45, 2.75) is 13.5 Å². The van der Waals surface area contributed by atoms with Gasteiger partial charge in [0.1, 0.15) is 0 Å². The molecule has 0 fully saturated rings. The Morgan fingerprint density at radius 1 is 1.69 bits per heavy atom. The molecule has 0 spiro atoms. The van der Waals surface area contributed by atoms with E-state index in [2.05, 4.69) is 10.9 Å². The monoisotopic (exact) mass is 218 g/mol. The summed E-state index contributed by atoms with van der Waals surface area (Å²) in [5, 5.41) is 8.73. The van der Waals surface area contributed by atoms with Crippen LogP contribution in [-0.2, 0) is 11.3 Å². The fourth-order valence-electron chi connectivity index (χ4n) is 1.38. The van der Waals surface area contributed by atoms with Crippen LogP contribution in [0.1, 0.15) is 11.3 Å². The van der Waals surface area contributed by atoms with Gasteiger partial charge in [-0.3, -0.25) is 14.7 Å². The summed E-state index contributed by atoms with van der Waals surface area (Å²) in [4.78, 5) is 16.5. The van der Waals surface area contributed by atoms with Crippen LogP contribution in [0.2, 0.25) is 0 Å². The van der Waals surface area contributed by atoms with Gasteiger partial charge in [-0.25, -0.2) is 0 Å². The number of carboxylic acid groups (broad SMARTS) is 1. The molecule has 1 rings (SSSR count). The van der Waals surface area contributed by atoms with Gasteiger partial charge in [0.05, 0.1) is 18.8 Å². The highest BCUT2D eigenvalue weighted by Gasteiger charge is 2.10. The van der Waals surface area contributed by atoms with E-state index in [0.717, 1.165) is 11.3 Å². The number of carbonyl (C=O) groups is 1. The van der Waals surface area contributed by atoms with E-state index >= 15 is 0 Å². The summed E-state index contributed by atoms with van der Waals surface area (Å²) < 4.78 is 0. The highest BCUT2D eigenvalue weighted by molar-refractivity contribution is 5.69. The second-order valence-corrected chi connectivity index (χ2v) is 3.51. The topological polar surface area (TPSA) is 53.4 Å². The van der Waals surface area contributed by atoms with Crippen molar-refractivity contribution < 1.29 is 9.90 Å². The predicted octanol–water partition coefficient (Wildman–Crippen LogP) is 0.910. The number of nitrogens with zero attached hydrogens (tertiary/aromatic N) is 2. The molecular weight excluding hydrogens is 204 g/mol. The van der Waals surface area contributed by atoms with E-state index in [4.69, 9.17) is 11.5 Å². The molecule has 0 amide bonds. The van der Waals surface area contributed by atoms with Gasteiger partial charge in [-0.15, -0.1) is 6.42 Å². The third kappa shape index (κ3) is 3.71. The Morgan fingerprint density at radius 2 is 2.44 bits per heavy atom. The number of hydrogen-bond acceptors (Lipinski definition) is 3. The van der Waals surface area contributed by atoms with Gasteiger partial charge in [0.25, 0.3) is 0 Å². The van der Waals surface area contributed by atoms with Crippen LogP contribution in [-0.4, -0.2) is 34.0 Å². The minimum Gasteiger partial charge on any atom is -0.480 e. The largest absolute Gasteiger partial charge is 0.480 e. The molecule has 16 heavy (non-hydrogen) atoms. The second-order valence-electron chi connectivity index (χ2n) is 3.51. The summed E-state index contributed by atoms with van der Waals surface area (Å²) in [6.07, 6.45) is 6.88. The van der Waals surface area contributed by atoms with Crippen LogP contribution in [0.4, 0.5) is 0 Å². The minimum absolute atomic E-state index is 0.0692. The van der Waals surface area contributed by atoms with E-state index in [9.17, 15) is 4.79 Å². The number of rotatable bonds is 5. The number of aromatic nitrogens is 1. The summed E-state index contributed by atoms with van der Waals surface area (Å²) in [6.45, 7) is 2.64. The average molecular weight is 218 g/mol. The first kappa shape index (κ1) is 12.2. The number of hydrogen-bond donors (Lipinski definition) is 1. The highest BCUT2D eigenvalue weighted by Crippen LogP contribution is 2.06. The maximum Gasteiger partial charge on any atom is 0.317 e. The van der Waals surface area contributed by atoms with Gasteiger partial charge in [0, 0.05) is 12.7 Å². The number of aliphatic carboxylic acids is 1. The molecule has 0 aliphatic heterocycles. The van der Waals surface area contributed by atoms with Gasteiger partial charge in [-0.05, 0) is 18.6 Å². The lowest BCUT2D eigenvalue weighted by Gasteiger charge is -2.17. The first-order valence-corrected chi connectivity index (χ1v) is 4.91. The van der Waals surface area contributed by atoms with E-state index in [1.165, 1.54) is 0 Å². The molecule has 4 nitrogen and oxygen atoms in total. The SMILES string of the molecule is C#CCN(CC(=O)O)Cc1ncccc1C. The van der Waals surface area contributed by atoms with E-state index < -0.39 is 5.97 Å². The normalized spacial score (nSPS) is 10.1. The maximum absolute atomic E-state index is 10.6. The molecule has 1 N–H and O–H groups in total. The zero-order chi connectivity index (χ0) is 12.0. The van der Waals surface area contributed by atoms with E-state index in [0.29, 0.717) is 13.1 Å². The average Bonchev–Trinajstić information content (AvgIpc) is 2.21. The number of aryl methyl sites for hydroxylation is 1. The third-order valence-electron chi connectivity index (χ3n) is 2.16. The third-order valence-corrected chi connectivity index (χ3v) is 2.16. The summed E-state index contributed by atoms with van der Waals surface area (Å²) in [5.74, 6) is 1.56. The van der Waals surface area contributed by atoms with E-state index in [1.54, 1.807) is 11.1 Å². The molecule has 0 saturated heterocycles. The molecule has 1 aromatic heterocycles. The Morgan fingerprint density at radius 3 is 3.00 bits per heavy atom. The Kier molecular flexibility index (Phi) is 4.49. The molecular formula is C12H14N2O2. The van der Waals surface area contributed by atoms with Crippen LogP contribution in [0.25, 0.3) is 0 Å². The zero-order valence-electron chi connectivity index (χ0n) is 9.18. The van der Waals surface area contributed by atoms with E-state index in [-0.39, 0.29) is 6.54 Å². The van der Waals surface area contributed by atoms with Crippen LogP contribution in [0, 0.1) is 19.3 Å². The molecule has 0 bridgehead atoms. The Bertz CT molecular complexity index is 410. The van der Waals surface area contributed by atoms with Crippen molar-refractivity contribution >= 4 is 5.97 Å². The quantitative estimate of drug-likeness (QED) is 0.746. The lowest BCUT2D eigenvalue weighted by Crippen LogP contribution is -2.30. The van der Waals surface area contributed by atoms with Gasteiger partial charge in [-0.2, -0.15) is 0 Å². The summed E-state index contributed by atoms with van der Waals surface area (Å²) >= 11 is 0. The lowest BCUT2D eigenvalue weighted by molar-refractivity contribution is -0.138. The fraction of sp³-hybridized carbons (Fsp3) is 0.333. The van der Waals surface area contributed by atoms with Gasteiger partial charge < -0.3 is 5.11 Å². The van der Waals surface area contributed by atoms with Crippen molar-refractivity contribution in [3.63, 3.8) is 0 Å². The van der Waals surface area contributed by atoms with Gasteiger partial charge >= 0.3 is 5.97 Å². The number of terminal acetylenes is 1. The Labute approximate surface area is 94.9 Å². The predicted molar refractivity (Wildman–Crippen MR) is 60.7 cm³/mol. The maximum atomic E-state index is 10.6. The lowest BCUT2D eigenvalue weighted by atomic mass is 10.2. The van der Waals surface area contributed by atoms with Gasteiger partial charge in [0.2, 0.25) is 0 Å². The Hall–Kier alpha value is -1.86. The van der Waals surface area contributed by atoms with E-state index in [1.807, 2.05) is 19.1 Å². The van der Waals surface area contributed by atoms with Crippen molar-refractivity contribution in [3.8, 4) is 12.3 Å². The molecule has 1 aromatic rings. The molecule has 4 heteroatoms. The summed E-state index contributed by atoms with van der Waals surface area (Å²) in [6, 6.07) is 3.79. The molecule has 0 atom stereocenters. The standard InChI is InChI=1S/C12H14N2O2/c1-3-7-14(9-12(15)16)8-11-10(2)5-4-6-13-11/h1,4-6H,7-9H2,2H3,(H,15,16). The molecule has 0 radical (unpaired) electrons.